The Morgan fingerprint density at radius 1 is 1.11 bits per heavy atom. The van der Waals surface area contributed by atoms with E-state index in [1.165, 1.54) is 26.4 Å². The summed E-state index contributed by atoms with van der Waals surface area (Å²) in [7, 11) is 1.45. The summed E-state index contributed by atoms with van der Waals surface area (Å²) < 4.78 is 30.0. The average Bonchev–Trinajstić information content (AvgIpc) is 3.46. The van der Waals surface area contributed by atoms with E-state index in [-0.39, 0.29) is 36.7 Å². The molecular formula is C31H48O6. The van der Waals surface area contributed by atoms with Gasteiger partial charge in [0.05, 0.1) is 24.9 Å². The number of carbonyl (C=O) groups excluding carboxylic acids is 1. The Morgan fingerprint density at radius 3 is 2.51 bits per heavy atom. The molecule has 0 N–H and O–H groups in total. The topological polar surface area (TPSA) is 63.2 Å². The lowest BCUT2D eigenvalue weighted by Gasteiger charge is -2.29. The van der Waals surface area contributed by atoms with Gasteiger partial charge in [-0.15, -0.1) is 0 Å². The maximum absolute atomic E-state index is 12.4. The van der Waals surface area contributed by atoms with Crippen molar-refractivity contribution < 1.29 is 28.5 Å². The highest BCUT2D eigenvalue weighted by atomic mass is 16.7. The van der Waals surface area contributed by atoms with Crippen LogP contribution < -0.4 is 0 Å². The third-order valence-electron chi connectivity index (χ3n) is 8.44. The lowest BCUT2D eigenvalue weighted by atomic mass is 9.91. The van der Waals surface area contributed by atoms with Crippen LogP contribution in [0.5, 0.6) is 0 Å². The zero-order valence-electron chi connectivity index (χ0n) is 23.2. The maximum atomic E-state index is 12.4. The Morgan fingerprint density at radius 2 is 1.86 bits per heavy atom. The van der Waals surface area contributed by atoms with E-state index in [2.05, 4.69) is 25.2 Å². The molecular weight excluding hydrogens is 468 g/mol. The van der Waals surface area contributed by atoms with Gasteiger partial charge in [0.2, 0.25) is 0 Å². The van der Waals surface area contributed by atoms with Crippen LogP contribution in [-0.4, -0.2) is 51.1 Å². The molecule has 208 valence electrons. The Hall–Kier alpha value is -1.47. The van der Waals surface area contributed by atoms with Crippen molar-refractivity contribution >= 4 is 5.97 Å². The molecule has 2 aliphatic carbocycles. The average molecular weight is 517 g/mol. The van der Waals surface area contributed by atoms with Crippen LogP contribution in [0.15, 0.2) is 35.5 Å². The van der Waals surface area contributed by atoms with Crippen LogP contribution in [0, 0.1) is 17.8 Å². The first-order valence-corrected chi connectivity index (χ1v) is 14.8. The molecule has 2 unspecified atom stereocenters. The summed E-state index contributed by atoms with van der Waals surface area (Å²) in [6.07, 6.45) is 21.7. The lowest BCUT2D eigenvalue weighted by molar-refractivity contribution is -0.192. The van der Waals surface area contributed by atoms with E-state index in [4.69, 9.17) is 23.7 Å². The SMILES string of the molecule is C/C=C(\C(=O)OC)C1=C[C@H]2[C@@H](C1)C[C@@H](OC1CCCCO1)[C@@H]2/C=C/[C@H](CCCCC)OC1CCCCO1. The second-order valence-corrected chi connectivity index (χ2v) is 11.1. The molecule has 0 spiro atoms. The summed E-state index contributed by atoms with van der Waals surface area (Å²) >= 11 is 0. The van der Waals surface area contributed by atoms with Gasteiger partial charge in [0.1, 0.15) is 0 Å². The van der Waals surface area contributed by atoms with Crippen molar-refractivity contribution in [3.05, 3.63) is 35.5 Å². The van der Waals surface area contributed by atoms with E-state index < -0.39 is 0 Å². The highest BCUT2D eigenvalue weighted by Crippen LogP contribution is 2.50. The summed E-state index contributed by atoms with van der Waals surface area (Å²) in [5.74, 6) is 0.773. The number of rotatable bonds is 12. The van der Waals surface area contributed by atoms with Crippen LogP contribution in [0.3, 0.4) is 0 Å². The number of hydrogen-bond acceptors (Lipinski definition) is 6. The number of esters is 1. The van der Waals surface area contributed by atoms with Gasteiger partial charge >= 0.3 is 5.97 Å². The summed E-state index contributed by atoms with van der Waals surface area (Å²) in [5.41, 5.74) is 1.81. The van der Waals surface area contributed by atoms with Gasteiger partial charge in [-0.05, 0) is 82.1 Å². The Labute approximate surface area is 223 Å². The highest BCUT2D eigenvalue weighted by Gasteiger charge is 2.46. The third kappa shape index (κ3) is 7.78. The fourth-order valence-electron chi connectivity index (χ4n) is 6.45. The number of fused-ring (bicyclic) bond motifs is 1. The van der Waals surface area contributed by atoms with Crippen molar-refractivity contribution in [3.63, 3.8) is 0 Å². The van der Waals surface area contributed by atoms with Gasteiger partial charge in [0.15, 0.2) is 12.6 Å². The zero-order chi connectivity index (χ0) is 26.0. The fraction of sp³-hybridized carbons (Fsp3) is 0.774. The van der Waals surface area contributed by atoms with Crippen molar-refractivity contribution in [2.45, 2.75) is 116 Å². The molecule has 6 heteroatoms. The second kappa shape index (κ2) is 14.6. The van der Waals surface area contributed by atoms with Gasteiger partial charge in [0, 0.05) is 19.1 Å². The van der Waals surface area contributed by atoms with E-state index in [0.29, 0.717) is 17.4 Å². The predicted octanol–water partition coefficient (Wildman–Crippen LogP) is 6.65. The molecule has 0 aromatic heterocycles. The maximum Gasteiger partial charge on any atom is 0.337 e. The minimum atomic E-state index is -0.249. The number of carbonyl (C=O) groups is 1. The van der Waals surface area contributed by atoms with Crippen molar-refractivity contribution in [2.24, 2.45) is 17.8 Å². The number of ether oxygens (including phenoxy) is 5. The monoisotopic (exact) mass is 516 g/mol. The normalized spacial score (nSPS) is 33.4. The summed E-state index contributed by atoms with van der Waals surface area (Å²) in [4.78, 5) is 12.4. The number of allylic oxidation sites excluding steroid dienone is 2. The minimum Gasteiger partial charge on any atom is -0.465 e. The largest absolute Gasteiger partial charge is 0.465 e. The number of methoxy groups -OCH3 is 1. The van der Waals surface area contributed by atoms with Crippen LogP contribution in [-0.2, 0) is 28.5 Å². The molecule has 0 bridgehead atoms. The number of unbranched alkanes of at least 4 members (excludes halogenated alkanes) is 2. The minimum absolute atomic E-state index is 0.0475. The van der Waals surface area contributed by atoms with Gasteiger partial charge < -0.3 is 23.7 Å². The fourth-order valence-corrected chi connectivity index (χ4v) is 6.45. The summed E-state index contributed by atoms with van der Waals surface area (Å²) in [5, 5.41) is 0. The zero-order valence-corrected chi connectivity index (χ0v) is 23.2. The predicted molar refractivity (Wildman–Crippen MR) is 144 cm³/mol. The van der Waals surface area contributed by atoms with Gasteiger partial charge in [-0.1, -0.05) is 50.5 Å². The van der Waals surface area contributed by atoms with E-state index in [1.54, 1.807) is 0 Å². The Bertz CT molecular complexity index is 805. The van der Waals surface area contributed by atoms with Crippen LogP contribution in [0.25, 0.3) is 0 Å². The van der Waals surface area contributed by atoms with Gasteiger partial charge in [0.25, 0.3) is 0 Å². The van der Waals surface area contributed by atoms with E-state index >= 15 is 0 Å². The summed E-state index contributed by atoms with van der Waals surface area (Å²) in [6, 6.07) is 0. The first-order chi connectivity index (χ1) is 18.1. The molecule has 2 aliphatic heterocycles. The molecule has 4 rings (SSSR count). The molecule has 4 aliphatic rings. The van der Waals surface area contributed by atoms with Crippen LogP contribution in [0.2, 0.25) is 0 Å². The molecule has 1 saturated carbocycles. The highest BCUT2D eigenvalue weighted by molar-refractivity contribution is 5.93. The number of hydrogen-bond donors (Lipinski definition) is 0. The third-order valence-corrected chi connectivity index (χ3v) is 8.44. The van der Waals surface area contributed by atoms with Crippen molar-refractivity contribution in [3.8, 4) is 0 Å². The molecule has 7 atom stereocenters. The van der Waals surface area contributed by atoms with Crippen LogP contribution in [0.1, 0.15) is 90.9 Å². The van der Waals surface area contributed by atoms with Crippen LogP contribution >= 0.6 is 0 Å². The molecule has 2 heterocycles. The Kier molecular flexibility index (Phi) is 11.3. The van der Waals surface area contributed by atoms with E-state index in [1.807, 2.05) is 13.0 Å². The van der Waals surface area contributed by atoms with Gasteiger partial charge in [-0.25, -0.2) is 4.79 Å². The Balaban J connectivity index is 1.51. The van der Waals surface area contributed by atoms with Crippen molar-refractivity contribution in [1.82, 2.24) is 0 Å². The molecule has 0 aromatic carbocycles. The lowest BCUT2D eigenvalue weighted by Crippen LogP contribution is -2.31. The smallest absolute Gasteiger partial charge is 0.337 e. The molecule has 2 saturated heterocycles. The summed E-state index contributed by atoms with van der Waals surface area (Å²) in [6.45, 7) is 5.73. The first-order valence-electron chi connectivity index (χ1n) is 14.8. The van der Waals surface area contributed by atoms with Gasteiger partial charge in [-0.2, -0.15) is 0 Å². The standard InChI is InChI=1S/C31H48O6/c1-4-6-7-12-24(36-29-13-8-10-17-34-29)15-16-26-27-20-22(25(5-2)31(32)33-3)19-23(27)21-28(26)37-30-14-9-11-18-35-30/h5,15-16,20,23-24,26-30H,4,6-14,17-19,21H2,1-3H3/b16-15+,25-5-/t23-,24-,26+,27-,28+,29?,30?/m0/s1. The van der Waals surface area contributed by atoms with Crippen molar-refractivity contribution in [1.29, 1.82) is 0 Å². The van der Waals surface area contributed by atoms with E-state index in [9.17, 15) is 4.79 Å². The van der Waals surface area contributed by atoms with Crippen LogP contribution in [0.4, 0.5) is 0 Å². The molecule has 0 aromatic rings. The molecule has 3 fully saturated rings. The molecule has 6 nitrogen and oxygen atoms in total. The first kappa shape index (κ1) is 28.5. The quantitative estimate of drug-likeness (QED) is 0.125. The molecule has 37 heavy (non-hydrogen) atoms. The molecule has 0 radical (unpaired) electrons. The van der Waals surface area contributed by atoms with Gasteiger partial charge in [-0.3, -0.25) is 0 Å². The van der Waals surface area contributed by atoms with Crippen molar-refractivity contribution in [2.75, 3.05) is 20.3 Å². The van der Waals surface area contributed by atoms with E-state index in [0.717, 1.165) is 76.6 Å². The molecule has 0 amide bonds. The second-order valence-electron chi connectivity index (χ2n) is 11.1.